The van der Waals surface area contributed by atoms with Crippen molar-refractivity contribution in [1.82, 2.24) is 10.6 Å². The van der Waals surface area contributed by atoms with Crippen LogP contribution < -0.4 is 16.0 Å². The molecule has 0 aliphatic heterocycles. The number of hydrogen-bond acceptors (Lipinski definition) is 5. The van der Waals surface area contributed by atoms with E-state index >= 15 is 0 Å². The van der Waals surface area contributed by atoms with E-state index in [9.17, 15) is 9.90 Å². The van der Waals surface area contributed by atoms with E-state index in [0.29, 0.717) is 35.6 Å². The van der Waals surface area contributed by atoms with Gasteiger partial charge in [0.15, 0.2) is 5.96 Å². The van der Waals surface area contributed by atoms with Crippen molar-refractivity contribution in [1.29, 1.82) is 0 Å². The molecule has 0 aliphatic rings. The van der Waals surface area contributed by atoms with E-state index in [0.717, 1.165) is 10.4 Å². The third-order valence-electron chi connectivity index (χ3n) is 3.53. The number of aliphatic imine (C=N–C) groups is 1. The Morgan fingerprint density at radius 2 is 2.00 bits per heavy atom. The average molecular weight is 411 g/mol. The first-order valence-corrected chi connectivity index (χ1v) is 9.60. The third-order valence-corrected chi connectivity index (χ3v) is 4.87. The van der Waals surface area contributed by atoms with Gasteiger partial charge in [0, 0.05) is 23.7 Å². The van der Waals surface area contributed by atoms with Crippen LogP contribution in [0.5, 0.6) is 0 Å². The average Bonchev–Trinajstić information content (AvgIpc) is 3.11. The van der Waals surface area contributed by atoms with Gasteiger partial charge in [-0.1, -0.05) is 23.7 Å². The number of anilines is 1. The van der Waals surface area contributed by atoms with E-state index in [-0.39, 0.29) is 0 Å². The molecule has 0 bridgehead atoms. The van der Waals surface area contributed by atoms with Crippen LogP contribution in [-0.4, -0.2) is 37.4 Å². The second-order valence-corrected chi connectivity index (χ2v) is 7.29. The highest BCUT2D eigenvalue weighted by atomic mass is 35.5. The van der Waals surface area contributed by atoms with E-state index in [4.69, 9.17) is 11.6 Å². The molecule has 0 fully saturated rings. The minimum Gasteiger partial charge on any atom is -0.453 e. The molecule has 1 heterocycles. The molecule has 146 valence electrons. The lowest BCUT2D eigenvalue weighted by Gasteiger charge is -2.14. The SMILES string of the molecule is CCNC(=NCc1ccc(NC(=O)OC)cc1)NCC(O)c1ccc(Cl)s1. The van der Waals surface area contributed by atoms with Crippen LogP contribution in [0.2, 0.25) is 4.34 Å². The molecule has 1 aromatic carbocycles. The largest absolute Gasteiger partial charge is 0.453 e. The third kappa shape index (κ3) is 7.09. The number of benzene rings is 1. The second-order valence-electron chi connectivity index (χ2n) is 5.55. The zero-order valence-electron chi connectivity index (χ0n) is 15.2. The van der Waals surface area contributed by atoms with Gasteiger partial charge in [-0.15, -0.1) is 11.3 Å². The molecule has 2 aromatic rings. The number of aliphatic hydroxyl groups excluding tert-OH is 1. The summed E-state index contributed by atoms with van der Waals surface area (Å²) in [6.45, 7) is 3.45. The van der Waals surface area contributed by atoms with Crippen molar-refractivity contribution in [3.05, 3.63) is 51.2 Å². The highest BCUT2D eigenvalue weighted by Crippen LogP contribution is 2.26. The molecule has 9 heteroatoms. The van der Waals surface area contributed by atoms with Gasteiger partial charge in [-0.05, 0) is 36.8 Å². The van der Waals surface area contributed by atoms with E-state index in [2.05, 4.69) is 25.7 Å². The van der Waals surface area contributed by atoms with Gasteiger partial charge in [-0.25, -0.2) is 9.79 Å². The fraction of sp³-hybridized carbons (Fsp3) is 0.333. The molecule has 1 unspecified atom stereocenters. The Bertz CT molecular complexity index is 764. The summed E-state index contributed by atoms with van der Waals surface area (Å²) in [6.07, 6.45) is -1.17. The van der Waals surface area contributed by atoms with E-state index in [1.54, 1.807) is 18.2 Å². The molecule has 4 N–H and O–H groups in total. The maximum Gasteiger partial charge on any atom is 0.411 e. The summed E-state index contributed by atoms with van der Waals surface area (Å²) in [5.41, 5.74) is 1.63. The van der Waals surface area contributed by atoms with Crippen molar-refractivity contribution in [2.75, 3.05) is 25.5 Å². The topological polar surface area (TPSA) is 95.0 Å². The Kier molecular flexibility index (Phi) is 8.38. The van der Waals surface area contributed by atoms with Gasteiger partial charge in [-0.2, -0.15) is 0 Å². The molecule has 7 nitrogen and oxygen atoms in total. The van der Waals surface area contributed by atoms with Crippen molar-refractivity contribution >= 4 is 40.7 Å². The highest BCUT2D eigenvalue weighted by Gasteiger charge is 2.11. The lowest BCUT2D eigenvalue weighted by molar-refractivity contribution is 0.184. The van der Waals surface area contributed by atoms with Crippen LogP contribution >= 0.6 is 22.9 Å². The Hall–Kier alpha value is -2.29. The van der Waals surface area contributed by atoms with Gasteiger partial charge in [0.2, 0.25) is 0 Å². The van der Waals surface area contributed by atoms with Crippen LogP contribution in [0.3, 0.4) is 0 Å². The smallest absolute Gasteiger partial charge is 0.411 e. The fourth-order valence-electron chi connectivity index (χ4n) is 2.18. The number of hydrogen-bond donors (Lipinski definition) is 4. The zero-order chi connectivity index (χ0) is 19.6. The quantitative estimate of drug-likeness (QED) is 0.414. The summed E-state index contributed by atoms with van der Waals surface area (Å²) >= 11 is 7.26. The summed E-state index contributed by atoms with van der Waals surface area (Å²) in [6, 6.07) is 10.9. The second kappa shape index (κ2) is 10.8. The molecule has 0 radical (unpaired) electrons. The Balaban J connectivity index is 1.91. The summed E-state index contributed by atoms with van der Waals surface area (Å²) < 4.78 is 5.20. The van der Waals surface area contributed by atoms with Crippen molar-refractivity contribution in [2.24, 2.45) is 4.99 Å². The van der Waals surface area contributed by atoms with Gasteiger partial charge >= 0.3 is 6.09 Å². The van der Waals surface area contributed by atoms with E-state index in [1.807, 2.05) is 25.1 Å². The number of nitrogens with one attached hydrogen (secondary N) is 3. The number of carbonyl (C=O) groups is 1. The molecule has 1 amide bonds. The molecule has 1 aromatic heterocycles. The summed E-state index contributed by atoms with van der Waals surface area (Å²) in [5, 5.41) is 19.1. The molecule has 1 atom stereocenters. The van der Waals surface area contributed by atoms with Crippen molar-refractivity contribution in [2.45, 2.75) is 19.6 Å². The standard InChI is InChI=1S/C18H23ClN4O3S/c1-3-20-17(22-11-14(24)15-8-9-16(19)27-15)21-10-12-4-6-13(7-5-12)23-18(25)26-2/h4-9,14,24H,3,10-11H2,1-2H3,(H,23,25)(H2,20,21,22). The first kappa shape index (κ1) is 21.0. The van der Waals surface area contributed by atoms with Gasteiger partial charge in [0.1, 0.15) is 6.10 Å². The minimum absolute atomic E-state index is 0.324. The molecule has 0 saturated heterocycles. The number of nitrogens with zero attached hydrogens (tertiary/aromatic N) is 1. The van der Waals surface area contributed by atoms with Crippen molar-refractivity contribution in [3.8, 4) is 0 Å². The number of thiophene rings is 1. The Morgan fingerprint density at radius 1 is 1.26 bits per heavy atom. The fourth-order valence-corrected chi connectivity index (χ4v) is 3.22. The molecule has 2 rings (SSSR count). The minimum atomic E-state index is -0.657. The first-order chi connectivity index (χ1) is 13.0. The molecular weight excluding hydrogens is 388 g/mol. The van der Waals surface area contributed by atoms with Gasteiger partial charge < -0.3 is 20.5 Å². The van der Waals surface area contributed by atoms with Crippen LogP contribution in [0.25, 0.3) is 0 Å². The lowest BCUT2D eigenvalue weighted by Crippen LogP contribution is -2.39. The predicted octanol–water partition coefficient (Wildman–Crippen LogP) is 3.37. The molecular formula is C18H23ClN4O3S. The molecule has 0 spiro atoms. The van der Waals surface area contributed by atoms with Crippen LogP contribution in [0, 0.1) is 0 Å². The zero-order valence-corrected chi connectivity index (χ0v) is 16.7. The number of amides is 1. The molecule has 0 aliphatic carbocycles. The Labute approximate surface area is 167 Å². The van der Waals surface area contributed by atoms with Crippen molar-refractivity contribution in [3.63, 3.8) is 0 Å². The highest BCUT2D eigenvalue weighted by molar-refractivity contribution is 7.16. The summed E-state index contributed by atoms with van der Waals surface area (Å²) in [7, 11) is 1.32. The first-order valence-electron chi connectivity index (χ1n) is 8.41. The normalized spacial score (nSPS) is 12.4. The summed E-state index contributed by atoms with van der Waals surface area (Å²) in [5.74, 6) is 0.607. The van der Waals surface area contributed by atoms with Gasteiger partial charge in [0.25, 0.3) is 0 Å². The van der Waals surface area contributed by atoms with E-state index < -0.39 is 12.2 Å². The molecule has 0 saturated carbocycles. The van der Waals surface area contributed by atoms with Gasteiger partial charge in [0.05, 0.1) is 18.0 Å². The maximum atomic E-state index is 11.2. The number of carbonyl (C=O) groups excluding carboxylic acids is 1. The van der Waals surface area contributed by atoms with E-state index in [1.165, 1.54) is 18.4 Å². The van der Waals surface area contributed by atoms with Gasteiger partial charge in [-0.3, -0.25) is 5.32 Å². The van der Waals surface area contributed by atoms with Crippen molar-refractivity contribution < 1.29 is 14.6 Å². The van der Waals surface area contributed by atoms with Crippen LogP contribution in [0.1, 0.15) is 23.5 Å². The van der Waals surface area contributed by atoms with Crippen LogP contribution in [0.4, 0.5) is 10.5 Å². The Morgan fingerprint density at radius 3 is 2.59 bits per heavy atom. The van der Waals surface area contributed by atoms with Crippen LogP contribution in [0.15, 0.2) is 41.4 Å². The maximum absolute atomic E-state index is 11.2. The number of methoxy groups -OCH3 is 1. The lowest BCUT2D eigenvalue weighted by atomic mass is 10.2. The number of halogens is 1. The summed E-state index contributed by atoms with van der Waals surface area (Å²) in [4.78, 5) is 16.5. The number of guanidine groups is 1. The molecule has 27 heavy (non-hydrogen) atoms. The number of aliphatic hydroxyl groups is 1. The number of ether oxygens (including phenoxy) is 1. The van der Waals surface area contributed by atoms with Crippen LogP contribution in [-0.2, 0) is 11.3 Å². The monoisotopic (exact) mass is 410 g/mol. The number of rotatable bonds is 7. The predicted molar refractivity (Wildman–Crippen MR) is 110 cm³/mol.